The van der Waals surface area contributed by atoms with Crippen LogP contribution in [0.4, 0.5) is 5.82 Å². The predicted molar refractivity (Wildman–Crippen MR) is 80.5 cm³/mol. The smallest absolute Gasteiger partial charge is 0.245 e. The highest BCUT2D eigenvalue weighted by Crippen LogP contribution is 2.28. The van der Waals surface area contributed by atoms with Gasteiger partial charge in [0, 0.05) is 23.8 Å². The first-order valence-corrected chi connectivity index (χ1v) is 6.83. The van der Waals surface area contributed by atoms with E-state index in [1.807, 2.05) is 19.1 Å². The summed E-state index contributed by atoms with van der Waals surface area (Å²) in [5.74, 6) is 0.0192. The number of halogens is 1. The fourth-order valence-corrected chi connectivity index (χ4v) is 2.47. The van der Waals surface area contributed by atoms with Crippen LogP contribution in [0.15, 0.2) is 16.6 Å². The van der Waals surface area contributed by atoms with Crippen molar-refractivity contribution >= 4 is 44.5 Å². The minimum atomic E-state index is -0.284. The Balaban J connectivity index is 2.22. The Labute approximate surface area is 124 Å². The lowest BCUT2D eigenvalue weighted by Gasteiger charge is -2.13. The second-order valence-electron chi connectivity index (χ2n) is 4.66. The van der Waals surface area contributed by atoms with Crippen molar-refractivity contribution in [3.05, 3.63) is 22.2 Å². The van der Waals surface area contributed by atoms with Gasteiger partial charge in [0.15, 0.2) is 5.82 Å². The predicted octanol–water partition coefficient (Wildman–Crippen LogP) is 2.05. The molecule has 0 fully saturated rings. The molecular weight excluding hydrogens is 324 g/mol. The molecule has 0 aliphatic rings. The van der Waals surface area contributed by atoms with Gasteiger partial charge in [0.2, 0.25) is 11.8 Å². The number of nitrogens with zero attached hydrogens (tertiary/aromatic N) is 2. The molecular formula is C13H15BrN4O2. The Morgan fingerprint density at radius 3 is 2.80 bits per heavy atom. The molecule has 2 aromatic rings. The number of H-pyrrole nitrogens is 1. The van der Waals surface area contributed by atoms with E-state index in [0.717, 1.165) is 20.9 Å². The summed E-state index contributed by atoms with van der Waals surface area (Å²) in [5.41, 5.74) is 1.88. The van der Waals surface area contributed by atoms with Crippen molar-refractivity contribution in [1.29, 1.82) is 0 Å². The number of nitrogens with one attached hydrogen (secondary N) is 2. The average Bonchev–Trinajstić information content (AvgIpc) is 2.72. The number of aromatic amines is 1. The van der Waals surface area contributed by atoms with E-state index in [1.165, 1.54) is 11.8 Å². The van der Waals surface area contributed by atoms with Gasteiger partial charge in [-0.3, -0.25) is 14.7 Å². The molecule has 20 heavy (non-hydrogen) atoms. The lowest BCUT2D eigenvalue weighted by atomic mass is 10.2. The molecule has 1 aromatic heterocycles. The van der Waals surface area contributed by atoms with Crippen LogP contribution in [0.1, 0.15) is 12.5 Å². The Morgan fingerprint density at radius 1 is 1.45 bits per heavy atom. The summed E-state index contributed by atoms with van der Waals surface area (Å²) >= 11 is 3.45. The zero-order valence-electron chi connectivity index (χ0n) is 11.5. The summed E-state index contributed by atoms with van der Waals surface area (Å²) in [6.07, 6.45) is 0. The molecule has 106 valence electrons. The number of rotatable bonds is 3. The summed E-state index contributed by atoms with van der Waals surface area (Å²) in [7, 11) is 1.57. The lowest BCUT2D eigenvalue weighted by Crippen LogP contribution is -2.33. The maximum atomic E-state index is 11.9. The summed E-state index contributed by atoms with van der Waals surface area (Å²) in [5, 5.41) is 10.5. The number of hydrogen-bond donors (Lipinski definition) is 2. The van der Waals surface area contributed by atoms with E-state index in [4.69, 9.17) is 0 Å². The van der Waals surface area contributed by atoms with Crippen LogP contribution in [0.2, 0.25) is 0 Å². The number of likely N-dealkylation sites (N-methyl/N-ethyl adjacent to an activating group) is 1. The maximum Gasteiger partial charge on any atom is 0.245 e. The van der Waals surface area contributed by atoms with Crippen molar-refractivity contribution in [3.63, 3.8) is 0 Å². The molecule has 1 heterocycles. The zero-order chi connectivity index (χ0) is 14.9. The number of benzene rings is 1. The van der Waals surface area contributed by atoms with Crippen molar-refractivity contribution in [1.82, 2.24) is 15.1 Å². The van der Waals surface area contributed by atoms with Crippen LogP contribution in [-0.4, -0.2) is 40.5 Å². The van der Waals surface area contributed by atoms with Gasteiger partial charge in [-0.2, -0.15) is 5.10 Å². The van der Waals surface area contributed by atoms with Crippen molar-refractivity contribution in [3.8, 4) is 0 Å². The second-order valence-corrected chi connectivity index (χ2v) is 5.52. The number of carbonyl (C=O) groups is 2. The van der Waals surface area contributed by atoms with Crippen LogP contribution in [0.5, 0.6) is 0 Å². The third-order valence-electron chi connectivity index (χ3n) is 2.95. The molecule has 1 aromatic carbocycles. The molecule has 2 rings (SSSR count). The Kier molecular flexibility index (Phi) is 4.08. The summed E-state index contributed by atoms with van der Waals surface area (Å²) in [6.45, 7) is 3.38. The number of anilines is 1. The van der Waals surface area contributed by atoms with Crippen LogP contribution >= 0.6 is 15.9 Å². The zero-order valence-corrected chi connectivity index (χ0v) is 13.0. The van der Waals surface area contributed by atoms with Crippen LogP contribution in [0.3, 0.4) is 0 Å². The molecule has 6 nitrogen and oxygen atoms in total. The van der Waals surface area contributed by atoms with Gasteiger partial charge in [-0.1, -0.05) is 0 Å². The summed E-state index contributed by atoms with van der Waals surface area (Å²) in [4.78, 5) is 24.3. The fraction of sp³-hybridized carbons (Fsp3) is 0.308. The lowest BCUT2D eigenvalue weighted by molar-refractivity contribution is -0.131. The van der Waals surface area contributed by atoms with Gasteiger partial charge in [-0.05, 0) is 40.5 Å². The molecule has 0 unspecified atom stereocenters. The first kappa shape index (κ1) is 14.5. The van der Waals surface area contributed by atoms with Gasteiger partial charge in [-0.25, -0.2) is 0 Å². The molecule has 0 saturated carbocycles. The molecule has 0 atom stereocenters. The van der Waals surface area contributed by atoms with Crippen molar-refractivity contribution in [2.24, 2.45) is 0 Å². The molecule has 2 N–H and O–H groups in total. The molecule has 2 amide bonds. The van der Waals surface area contributed by atoms with E-state index in [2.05, 4.69) is 31.4 Å². The summed E-state index contributed by atoms with van der Waals surface area (Å²) < 4.78 is 0.890. The largest absolute Gasteiger partial charge is 0.337 e. The number of carbonyl (C=O) groups excluding carboxylic acids is 2. The van der Waals surface area contributed by atoms with Crippen LogP contribution in [0, 0.1) is 6.92 Å². The summed E-state index contributed by atoms with van der Waals surface area (Å²) in [6, 6.07) is 3.91. The number of aryl methyl sites for hydroxylation is 1. The van der Waals surface area contributed by atoms with Crippen molar-refractivity contribution < 1.29 is 9.59 Å². The van der Waals surface area contributed by atoms with E-state index < -0.39 is 0 Å². The minimum Gasteiger partial charge on any atom is -0.337 e. The first-order chi connectivity index (χ1) is 9.38. The molecule has 0 aliphatic heterocycles. The van der Waals surface area contributed by atoms with E-state index in [0.29, 0.717) is 5.82 Å². The standard InChI is InChI=1S/C13H15BrN4O2/c1-7-4-9-12(10(14)5-7)16-17-13(9)15-11(20)6-18(3)8(2)19/h4-5H,6H2,1-3H3,(H2,15,16,17,20). The van der Waals surface area contributed by atoms with Crippen LogP contribution in [0.25, 0.3) is 10.9 Å². The first-order valence-electron chi connectivity index (χ1n) is 6.04. The highest BCUT2D eigenvalue weighted by atomic mass is 79.9. The minimum absolute atomic E-state index is 0.00330. The fourth-order valence-electron chi connectivity index (χ4n) is 1.81. The van der Waals surface area contributed by atoms with Gasteiger partial charge >= 0.3 is 0 Å². The average molecular weight is 339 g/mol. The van der Waals surface area contributed by atoms with E-state index in [-0.39, 0.29) is 18.4 Å². The quantitative estimate of drug-likeness (QED) is 0.898. The van der Waals surface area contributed by atoms with Crippen molar-refractivity contribution in [2.75, 3.05) is 18.9 Å². The number of fused-ring (bicyclic) bond motifs is 1. The van der Waals surface area contributed by atoms with Gasteiger partial charge in [0.05, 0.1) is 12.1 Å². The van der Waals surface area contributed by atoms with Crippen LogP contribution < -0.4 is 5.32 Å². The molecule has 0 aliphatic carbocycles. The van der Waals surface area contributed by atoms with Crippen LogP contribution in [-0.2, 0) is 9.59 Å². The normalized spacial score (nSPS) is 10.6. The van der Waals surface area contributed by atoms with E-state index in [9.17, 15) is 9.59 Å². The van der Waals surface area contributed by atoms with E-state index >= 15 is 0 Å². The maximum absolute atomic E-state index is 11.9. The van der Waals surface area contributed by atoms with Crippen molar-refractivity contribution in [2.45, 2.75) is 13.8 Å². The number of hydrogen-bond acceptors (Lipinski definition) is 3. The van der Waals surface area contributed by atoms with E-state index in [1.54, 1.807) is 7.05 Å². The van der Waals surface area contributed by atoms with Gasteiger partial charge < -0.3 is 10.2 Å². The monoisotopic (exact) mass is 338 g/mol. The Hall–Kier alpha value is -1.89. The van der Waals surface area contributed by atoms with Gasteiger partial charge in [0.1, 0.15) is 0 Å². The molecule has 0 bridgehead atoms. The number of amides is 2. The highest BCUT2D eigenvalue weighted by molar-refractivity contribution is 9.10. The SMILES string of the molecule is CC(=O)N(C)CC(=O)Nc1n[nH]c2c(Br)cc(C)cc12. The van der Waals surface area contributed by atoms with Gasteiger partial charge in [-0.15, -0.1) is 0 Å². The highest BCUT2D eigenvalue weighted by Gasteiger charge is 2.14. The molecule has 7 heteroatoms. The molecule has 0 saturated heterocycles. The topological polar surface area (TPSA) is 78.1 Å². The third-order valence-corrected chi connectivity index (χ3v) is 3.57. The number of aromatic nitrogens is 2. The molecule has 0 radical (unpaired) electrons. The third kappa shape index (κ3) is 2.98. The second kappa shape index (κ2) is 5.62. The molecule has 0 spiro atoms. The van der Waals surface area contributed by atoms with Gasteiger partial charge in [0.25, 0.3) is 0 Å². The Bertz CT molecular complexity index is 680. The Morgan fingerprint density at radius 2 is 2.15 bits per heavy atom.